The highest BCUT2D eigenvalue weighted by molar-refractivity contribution is 7.89. The van der Waals surface area contributed by atoms with E-state index in [0.29, 0.717) is 37.5 Å². The molecule has 0 spiro atoms. The zero-order chi connectivity index (χ0) is 21.0. The molecular weight excluding hydrogens is 412 g/mol. The molecule has 1 amide bonds. The van der Waals surface area contributed by atoms with Crippen molar-refractivity contribution in [2.75, 3.05) is 32.1 Å². The van der Waals surface area contributed by atoms with Crippen molar-refractivity contribution < 1.29 is 13.2 Å². The lowest BCUT2D eigenvalue weighted by Gasteiger charge is -2.30. The summed E-state index contributed by atoms with van der Waals surface area (Å²) in [7, 11) is 0.245. The molecule has 0 unspecified atom stereocenters. The first kappa shape index (κ1) is 21.5. The molecule has 1 saturated heterocycles. The molecule has 29 heavy (non-hydrogen) atoms. The van der Waals surface area contributed by atoms with Gasteiger partial charge in [0, 0.05) is 56.4 Å². The Labute approximate surface area is 176 Å². The van der Waals surface area contributed by atoms with Crippen LogP contribution in [0.3, 0.4) is 0 Å². The minimum absolute atomic E-state index is 0.0536. The van der Waals surface area contributed by atoms with Crippen LogP contribution >= 0.6 is 11.6 Å². The number of hydrogen-bond donors (Lipinski definition) is 1. The molecule has 9 heteroatoms. The van der Waals surface area contributed by atoms with Crippen molar-refractivity contribution in [2.24, 2.45) is 5.92 Å². The summed E-state index contributed by atoms with van der Waals surface area (Å²) >= 11 is 5.84. The molecule has 2 aromatic rings. The number of carbonyl (C=O) groups is 1. The van der Waals surface area contributed by atoms with Crippen LogP contribution in [0.2, 0.25) is 5.02 Å². The minimum Gasteiger partial charge on any atom is -0.362 e. The number of nitrogens with one attached hydrogen (secondary N) is 1. The summed E-state index contributed by atoms with van der Waals surface area (Å²) in [5.41, 5.74) is 0.939. The van der Waals surface area contributed by atoms with Crippen molar-refractivity contribution in [1.29, 1.82) is 0 Å². The van der Waals surface area contributed by atoms with Gasteiger partial charge in [-0.3, -0.25) is 4.79 Å². The predicted octanol–water partition coefficient (Wildman–Crippen LogP) is 2.52. The first-order chi connectivity index (χ1) is 13.8. The summed E-state index contributed by atoms with van der Waals surface area (Å²) in [4.78, 5) is 19.0. The quantitative estimate of drug-likeness (QED) is 0.752. The van der Waals surface area contributed by atoms with Gasteiger partial charge >= 0.3 is 0 Å². The third-order valence-corrected chi connectivity index (χ3v) is 7.19. The van der Waals surface area contributed by atoms with E-state index in [-0.39, 0.29) is 16.7 Å². The average Bonchev–Trinajstić information content (AvgIpc) is 2.72. The second-order valence-electron chi connectivity index (χ2n) is 7.23. The van der Waals surface area contributed by atoms with Gasteiger partial charge in [0.15, 0.2) is 0 Å². The van der Waals surface area contributed by atoms with E-state index in [0.717, 1.165) is 11.4 Å². The molecule has 1 aliphatic heterocycles. The number of sulfonamides is 1. The molecule has 2 heterocycles. The Morgan fingerprint density at radius 1 is 1.21 bits per heavy atom. The van der Waals surface area contributed by atoms with Crippen molar-refractivity contribution in [3.05, 3.63) is 53.2 Å². The smallest absolute Gasteiger partial charge is 0.243 e. The maximum atomic E-state index is 12.8. The number of anilines is 1. The van der Waals surface area contributed by atoms with Gasteiger partial charge in [-0.05, 0) is 43.2 Å². The maximum absolute atomic E-state index is 12.8. The minimum atomic E-state index is -3.57. The molecule has 0 bridgehead atoms. The Morgan fingerprint density at radius 3 is 2.48 bits per heavy atom. The van der Waals surface area contributed by atoms with E-state index >= 15 is 0 Å². The molecule has 0 aliphatic carbocycles. The number of piperidine rings is 1. The third kappa shape index (κ3) is 5.07. The molecule has 3 rings (SSSR count). The number of pyridine rings is 1. The van der Waals surface area contributed by atoms with E-state index in [1.54, 1.807) is 18.3 Å². The summed E-state index contributed by atoms with van der Waals surface area (Å²) in [5.74, 6) is 0.560. The Morgan fingerprint density at radius 2 is 1.86 bits per heavy atom. The van der Waals surface area contributed by atoms with Crippen LogP contribution in [0, 0.1) is 5.92 Å². The standard InChI is InChI=1S/C20H25ClN4O3S/c1-24(2)19-16(4-3-11-22-19)14-23-20(26)15-9-12-25(13-10-15)29(27,28)18-7-5-17(21)6-8-18/h3-8,11,15H,9-10,12-14H2,1-2H3,(H,23,26). The number of nitrogens with zero attached hydrogens (tertiary/aromatic N) is 3. The molecule has 7 nitrogen and oxygen atoms in total. The van der Waals surface area contributed by atoms with Crippen molar-refractivity contribution in [2.45, 2.75) is 24.3 Å². The number of carbonyl (C=O) groups excluding carboxylic acids is 1. The lowest BCUT2D eigenvalue weighted by molar-refractivity contribution is -0.126. The van der Waals surface area contributed by atoms with Gasteiger partial charge in [-0.2, -0.15) is 4.31 Å². The van der Waals surface area contributed by atoms with Gasteiger partial charge in [-0.1, -0.05) is 17.7 Å². The third-order valence-electron chi connectivity index (χ3n) is 5.02. The second-order valence-corrected chi connectivity index (χ2v) is 9.61. The van der Waals surface area contributed by atoms with Crippen LogP contribution in [0.5, 0.6) is 0 Å². The molecule has 156 valence electrons. The van der Waals surface area contributed by atoms with Crippen molar-refractivity contribution in [1.82, 2.24) is 14.6 Å². The summed E-state index contributed by atoms with van der Waals surface area (Å²) in [6, 6.07) is 9.92. The van der Waals surface area contributed by atoms with Crippen LogP contribution in [0.4, 0.5) is 5.82 Å². The van der Waals surface area contributed by atoms with E-state index in [2.05, 4.69) is 10.3 Å². The van der Waals surface area contributed by atoms with Gasteiger partial charge < -0.3 is 10.2 Å². The Kier molecular flexibility index (Phi) is 6.77. The normalized spacial score (nSPS) is 15.8. The summed E-state index contributed by atoms with van der Waals surface area (Å²) in [5, 5.41) is 3.46. The van der Waals surface area contributed by atoms with Crippen LogP contribution in [0.25, 0.3) is 0 Å². The lowest BCUT2D eigenvalue weighted by Crippen LogP contribution is -2.42. The molecule has 0 radical (unpaired) electrons. The number of halogens is 1. The Hall–Kier alpha value is -2.16. The topological polar surface area (TPSA) is 82.6 Å². The van der Waals surface area contributed by atoms with E-state index in [1.165, 1.54) is 16.4 Å². The van der Waals surface area contributed by atoms with Crippen molar-refractivity contribution in [3.8, 4) is 0 Å². The number of aromatic nitrogens is 1. The van der Waals surface area contributed by atoms with Gasteiger partial charge in [-0.15, -0.1) is 0 Å². The fourth-order valence-electron chi connectivity index (χ4n) is 3.41. The summed E-state index contributed by atoms with van der Waals surface area (Å²) in [6.45, 7) is 1.03. The van der Waals surface area contributed by atoms with Gasteiger partial charge in [0.25, 0.3) is 0 Å². The zero-order valence-electron chi connectivity index (χ0n) is 16.5. The number of hydrogen-bond acceptors (Lipinski definition) is 5. The van der Waals surface area contributed by atoms with E-state index in [1.807, 2.05) is 31.1 Å². The number of benzene rings is 1. The molecule has 1 N–H and O–H groups in total. The molecule has 1 aliphatic rings. The van der Waals surface area contributed by atoms with E-state index in [9.17, 15) is 13.2 Å². The van der Waals surface area contributed by atoms with E-state index in [4.69, 9.17) is 11.6 Å². The highest BCUT2D eigenvalue weighted by Crippen LogP contribution is 2.25. The van der Waals surface area contributed by atoms with Crippen LogP contribution in [0.15, 0.2) is 47.5 Å². The molecule has 0 saturated carbocycles. The van der Waals surface area contributed by atoms with Crippen LogP contribution in [-0.2, 0) is 21.4 Å². The molecule has 1 fully saturated rings. The number of rotatable bonds is 6. The highest BCUT2D eigenvalue weighted by Gasteiger charge is 2.32. The first-order valence-electron chi connectivity index (χ1n) is 9.43. The highest BCUT2D eigenvalue weighted by atomic mass is 35.5. The maximum Gasteiger partial charge on any atom is 0.243 e. The van der Waals surface area contributed by atoms with Crippen molar-refractivity contribution >= 4 is 33.3 Å². The molecule has 0 atom stereocenters. The van der Waals surface area contributed by atoms with Gasteiger partial charge in [0.1, 0.15) is 5.82 Å². The fraction of sp³-hybridized carbons (Fsp3) is 0.400. The SMILES string of the molecule is CN(C)c1ncccc1CNC(=O)C1CCN(S(=O)(=O)c2ccc(Cl)cc2)CC1. The number of amides is 1. The molecule has 1 aromatic carbocycles. The van der Waals surface area contributed by atoms with Crippen LogP contribution in [0.1, 0.15) is 18.4 Å². The summed E-state index contributed by atoms with van der Waals surface area (Å²) < 4.78 is 27.0. The van der Waals surface area contributed by atoms with Crippen LogP contribution in [-0.4, -0.2) is 50.8 Å². The monoisotopic (exact) mass is 436 g/mol. The second kappa shape index (κ2) is 9.11. The van der Waals surface area contributed by atoms with Crippen LogP contribution < -0.4 is 10.2 Å². The van der Waals surface area contributed by atoms with Gasteiger partial charge in [-0.25, -0.2) is 13.4 Å². The van der Waals surface area contributed by atoms with E-state index < -0.39 is 10.0 Å². The zero-order valence-corrected chi connectivity index (χ0v) is 18.1. The fourth-order valence-corrected chi connectivity index (χ4v) is 5.01. The molecule has 1 aromatic heterocycles. The predicted molar refractivity (Wildman–Crippen MR) is 113 cm³/mol. The van der Waals surface area contributed by atoms with Gasteiger partial charge in [0.2, 0.25) is 15.9 Å². The first-order valence-corrected chi connectivity index (χ1v) is 11.3. The Balaban J connectivity index is 1.56. The molecular formula is C20H25ClN4O3S. The van der Waals surface area contributed by atoms with Gasteiger partial charge in [0.05, 0.1) is 4.90 Å². The van der Waals surface area contributed by atoms with Crippen molar-refractivity contribution in [3.63, 3.8) is 0 Å². The largest absolute Gasteiger partial charge is 0.362 e. The summed E-state index contributed by atoms with van der Waals surface area (Å²) in [6.07, 6.45) is 2.70. The average molecular weight is 437 g/mol. The Bertz CT molecular complexity index is 956. The lowest BCUT2D eigenvalue weighted by atomic mass is 9.97.